The molecule has 29 heavy (non-hydrogen) atoms. The maximum Gasteiger partial charge on any atom is 0.341 e. The molecule has 11 heteroatoms. The van der Waals surface area contributed by atoms with E-state index >= 15 is 0 Å². The van der Waals surface area contributed by atoms with E-state index in [1.807, 2.05) is 5.38 Å². The summed E-state index contributed by atoms with van der Waals surface area (Å²) in [5.74, 6) is -1.27. The number of nitrogens with one attached hydrogen (secondary N) is 1. The van der Waals surface area contributed by atoms with Crippen LogP contribution in [0.15, 0.2) is 5.38 Å². The number of sulfone groups is 1. The number of nitrogens with zero attached hydrogens (tertiary/aromatic N) is 1. The molecule has 160 valence electrons. The summed E-state index contributed by atoms with van der Waals surface area (Å²) in [4.78, 5) is 38.1. The van der Waals surface area contributed by atoms with Gasteiger partial charge in [-0.15, -0.1) is 11.3 Å². The normalized spacial score (nSPS) is 18.8. The van der Waals surface area contributed by atoms with Crippen molar-refractivity contribution in [2.75, 3.05) is 49.7 Å². The molecule has 0 aromatic carbocycles. The number of hydrogen-bond donors (Lipinski definition) is 1. The molecule has 1 aliphatic heterocycles. The molecule has 1 amide bonds. The predicted octanol–water partition coefficient (Wildman–Crippen LogP) is 1.01. The SMILES string of the molecule is CCOC(=O)c1c(C2CC2)csc1NC(=O)COC(=O)CN1CCS(=O)(=O)CC1. The summed E-state index contributed by atoms with van der Waals surface area (Å²) in [6.45, 7) is 1.95. The zero-order valence-electron chi connectivity index (χ0n) is 16.1. The summed E-state index contributed by atoms with van der Waals surface area (Å²) >= 11 is 1.25. The Morgan fingerprint density at radius 3 is 2.52 bits per heavy atom. The lowest BCUT2D eigenvalue weighted by atomic mass is 10.1. The molecule has 2 aliphatic rings. The van der Waals surface area contributed by atoms with Crippen molar-refractivity contribution in [1.29, 1.82) is 0 Å². The molecule has 1 aromatic rings. The molecule has 0 atom stereocenters. The first kappa shape index (κ1) is 21.7. The highest BCUT2D eigenvalue weighted by Gasteiger charge is 2.32. The van der Waals surface area contributed by atoms with Crippen molar-refractivity contribution in [3.8, 4) is 0 Å². The fraction of sp³-hybridized carbons (Fsp3) is 0.611. The van der Waals surface area contributed by atoms with Gasteiger partial charge in [0.15, 0.2) is 16.4 Å². The van der Waals surface area contributed by atoms with E-state index in [4.69, 9.17) is 9.47 Å². The van der Waals surface area contributed by atoms with Crippen LogP contribution >= 0.6 is 11.3 Å². The monoisotopic (exact) mass is 444 g/mol. The minimum absolute atomic E-state index is 0.0130. The van der Waals surface area contributed by atoms with Gasteiger partial charge in [-0.2, -0.15) is 0 Å². The van der Waals surface area contributed by atoms with E-state index in [1.54, 1.807) is 11.8 Å². The number of anilines is 1. The standard InChI is InChI=1S/C18H24N2O7S2/c1-2-26-18(23)16-13(12-3-4-12)11-28-17(16)19-14(21)10-27-15(22)9-20-5-7-29(24,25)8-6-20/h11-12H,2-10H2,1H3,(H,19,21). The van der Waals surface area contributed by atoms with Crippen molar-refractivity contribution >= 4 is 44.0 Å². The summed E-state index contributed by atoms with van der Waals surface area (Å²) in [7, 11) is -3.02. The summed E-state index contributed by atoms with van der Waals surface area (Å²) in [5, 5.41) is 4.88. The predicted molar refractivity (Wildman–Crippen MR) is 107 cm³/mol. The Morgan fingerprint density at radius 2 is 1.90 bits per heavy atom. The maximum atomic E-state index is 12.3. The van der Waals surface area contributed by atoms with Crippen molar-refractivity contribution < 1.29 is 32.3 Å². The third-order valence-electron chi connectivity index (χ3n) is 4.72. The number of thiophene rings is 1. The van der Waals surface area contributed by atoms with Gasteiger partial charge in [0.1, 0.15) is 5.00 Å². The van der Waals surface area contributed by atoms with Crippen LogP contribution in [-0.4, -0.2) is 75.5 Å². The molecule has 2 fully saturated rings. The van der Waals surface area contributed by atoms with E-state index in [9.17, 15) is 22.8 Å². The molecule has 3 rings (SSSR count). The first-order valence-corrected chi connectivity index (χ1v) is 12.2. The van der Waals surface area contributed by atoms with Gasteiger partial charge in [0, 0.05) is 13.1 Å². The van der Waals surface area contributed by atoms with Gasteiger partial charge < -0.3 is 14.8 Å². The second kappa shape index (κ2) is 9.23. The van der Waals surface area contributed by atoms with Gasteiger partial charge in [0.2, 0.25) is 0 Å². The van der Waals surface area contributed by atoms with Gasteiger partial charge in [-0.3, -0.25) is 14.5 Å². The average molecular weight is 445 g/mol. The smallest absolute Gasteiger partial charge is 0.341 e. The fourth-order valence-corrected chi connectivity index (χ4v) is 5.34. The highest BCUT2D eigenvalue weighted by Crippen LogP contribution is 2.46. The van der Waals surface area contributed by atoms with Crippen LogP contribution in [-0.2, 0) is 28.9 Å². The molecule has 1 N–H and O–H groups in total. The van der Waals surface area contributed by atoms with Crippen LogP contribution < -0.4 is 5.32 Å². The minimum Gasteiger partial charge on any atom is -0.462 e. The van der Waals surface area contributed by atoms with Crippen molar-refractivity contribution in [1.82, 2.24) is 4.90 Å². The van der Waals surface area contributed by atoms with Gasteiger partial charge in [-0.1, -0.05) is 0 Å². The zero-order valence-corrected chi connectivity index (χ0v) is 17.8. The molecule has 1 aromatic heterocycles. The molecule has 1 saturated carbocycles. The number of amides is 1. The van der Waals surface area contributed by atoms with Crippen molar-refractivity contribution in [3.05, 3.63) is 16.5 Å². The Hall–Kier alpha value is -1.98. The molecule has 1 saturated heterocycles. The average Bonchev–Trinajstić information content (AvgIpc) is 3.42. The number of carbonyl (C=O) groups excluding carboxylic acids is 3. The third kappa shape index (κ3) is 6.00. The van der Waals surface area contributed by atoms with E-state index in [-0.39, 0.29) is 37.7 Å². The Bertz CT molecular complexity index is 876. The molecule has 0 unspecified atom stereocenters. The molecule has 0 spiro atoms. The molecule has 0 radical (unpaired) electrons. The van der Waals surface area contributed by atoms with Crippen molar-refractivity contribution in [2.24, 2.45) is 0 Å². The number of rotatable bonds is 8. The third-order valence-corrected chi connectivity index (χ3v) is 7.25. The quantitative estimate of drug-likeness (QED) is 0.590. The van der Waals surface area contributed by atoms with Crippen LogP contribution in [0.5, 0.6) is 0 Å². The van der Waals surface area contributed by atoms with E-state index < -0.39 is 34.3 Å². The van der Waals surface area contributed by atoms with Crippen LogP contribution in [0.3, 0.4) is 0 Å². The Morgan fingerprint density at radius 1 is 1.21 bits per heavy atom. The van der Waals surface area contributed by atoms with Crippen molar-refractivity contribution in [3.63, 3.8) is 0 Å². The highest BCUT2D eigenvalue weighted by atomic mass is 32.2. The second-order valence-corrected chi connectivity index (χ2v) is 10.2. The lowest BCUT2D eigenvalue weighted by molar-refractivity contribution is -0.148. The van der Waals surface area contributed by atoms with Gasteiger partial charge >= 0.3 is 11.9 Å². The van der Waals surface area contributed by atoms with E-state index in [1.165, 1.54) is 11.3 Å². The largest absolute Gasteiger partial charge is 0.462 e. The minimum atomic E-state index is -3.02. The molecule has 1 aliphatic carbocycles. The van der Waals surface area contributed by atoms with Gasteiger partial charge in [0.05, 0.1) is 30.2 Å². The van der Waals surface area contributed by atoms with Crippen LogP contribution in [0, 0.1) is 0 Å². The first-order chi connectivity index (χ1) is 13.8. The van der Waals surface area contributed by atoms with Gasteiger partial charge in [0.25, 0.3) is 5.91 Å². The summed E-state index contributed by atoms with van der Waals surface area (Å²) in [6, 6.07) is 0. The van der Waals surface area contributed by atoms with E-state index in [2.05, 4.69) is 5.32 Å². The van der Waals surface area contributed by atoms with Crippen LogP contribution in [0.4, 0.5) is 5.00 Å². The van der Waals surface area contributed by atoms with Crippen LogP contribution in [0.2, 0.25) is 0 Å². The van der Waals surface area contributed by atoms with Crippen LogP contribution in [0.25, 0.3) is 0 Å². The van der Waals surface area contributed by atoms with E-state index in [0.29, 0.717) is 16.5 Å². The number of ether oxygens (including phenoxy) is 2. The van der Waals surface area contributed by atoms with Crippen LogP contribution in [0.1, 0.15) is 41.6 Å². The molecular formula is C18H24N2O7S2. The number of carbonyl (C=O) groups is 3. The lowest BCUT2D eigenvalue weighted by Crippen LogP contribution is -2.43. The summed E-state index contributed by atoms with van der Waals surface area (Å²) in [5.41, 5.74) is 1.27. The molecule has 9 nitrogen and oxygen atoms in total. The Kier molecular flexibility index (Phi) is 6.91. The van der Waals surface area contributed by atoms with Gasteiger partial charge in [-0.25, -0.2) is 13.2 Å². The maximum absolute atomic E-state index is 12.3. The topological polar surface area (TPSA) is 119 Å². The Balaban J connectivity index is 1.50. The second-order valence-electron chi connectivity index (χ2n) is 7.03. The Labute approximate surface area is 173 Å². The summed E-state index contributed by atoms with van der Waals surface area (Å²) in [6.07, 6.45) is 2.01. The number of hydrogen-bond acceptors (Lipinski definition) is 9. The van der Waals surface area contributed by atoms with Gasteiger partial charge in [-0.05, 0) is 36.6 Å². The lowest BCUT2D eigenvalue weighted by Gasteiger charge is -2.25. The zero-order chi connectivity index (χ0) is 21.0. The first-order valence-electron chi connectivity index (χ1n) is 9.46. The highest BCUT2D eigenvalue weighted by molar-refractivity contribution is 7.91. The van der Waals surface area contributed by atoms with Crippen molar-refractivity contribution in [2.45, 2.75) is 25.7 Å². The molecule has 0 bridgehead atoms. The number of esters is 2. The molecule has 2 heterocycles. The van der Waals surface area contributed by atoms with E-state index in [0.717, 1.165) is 18.4 Å². The molecular weight excluding hydrogens is 420 g/mol. The summed E-state index contributed by atoms with van der Waals surface area (Å²) < 4.78 is 32.9. The fourth-order valence-electron chi connectivity index (χ4n) is 3.02.